The Kier molecular flexibility index (Phi) is 1.43. The molecule has 1 aliphatic carbocycles. The molecule has 10 heavy (non-hydrogen) atoms. The summed E-state index contributed by atoms with van der Waals surface area (Å²) >= 11 is 0. The average molecular weight is 138 g/mol. The zero-order chi connectivity index (χ0) is 6.81. The molecular weight excluding hydrogens is 128 g/mol. The number of nitrogens with zero attached hydrogens (tertiary/aromatic N) is 1. The summed E-state index contributed by atoms with van der Waals surface area (Å²) in [5.74, 6) is 0.923. The predicted molar refractivity (Wildman–Crippen MR) is 36.4 cm³/mol. The monoisotopic (exact) mass is 138 g/mol. The molecule has 0 radical (unpaired) electrons. The van der Waals surface area contributed by atoms with Crippen LogP contribution in [0.2, 0.25) is 0 Å². The van der Waals surface area contributed by atoms with E-state index in [4.69, 9.17) is 4.42 Å². The summed E-state index contributed by atoms with van der Waals surface area (Å²) in [6.45, 7) is 0.824. The Morgan fingerprint density at radius 2 is 2.60 bits per heavy atom. The fraction of sp³-hybridized carbons (Fsp3) is 0.571. The van der Waals surface area contributed by atoms with Crippen molar-refractivity contribution in [3.05, 3.63) is 18.4 Å². The summed E-state index contributed by atoms with van der Waals surface area (Å²) in [6.07, 6.45) is 5.83. The largest absolute Gasteiger partial charge is 0.447 e. The molecule has 0 aliphatic heterocycles. The van der Waals surface area contributed by atoms with E-state index in [0.29, 0.717) is 0 Å². The lowest BCUT2D eigenvalue weighted by Gasteiger charge is -1.95. The smallest absolute Gasteiger partial charge is 0.180 e. The summed E-state index contributed by atoms with van der Waals surface area (Å²) in [4.78, 5) is 3.81. The average Bonchev–Trinajstić information content (AvgIpc) is 2.63. The minimum atomic E-state index is 0.741. The van der Waals surface area contributed by atoms with Crippen molar-refractivity contribution >= 4 is 0 Å². The minimum Gasteiger partial charge on any atom is -0.447 e. The lowest BCUT2D eigenvalue weighted by Crippen LogP contribution is -2.14. The number of nitrogens with one attached hydrogen (secondary N) is 1. The quantitative estimate of drug-likeness (QED) is 0.675. The van der Waals surface area contributed by atoms with Crippen molar-refractivity contribution in [3.8, 4) is 0 Å². The number of hydrogen-bond acceptors (Lipinski definition) is 3. The molecule has 54 valence electrons. The lowest BCUT2D eigenvalue weighted by molar-refractivity contribution is 0.478. The van der Waals surface area contributed by atoms with Crippen LogP contribution in [0.3, 0.4) is 0 Å². The highest BCUT2D eigenvalue weighted by Crippen LogP contribution is 2.18. The third-order valence-electron chi connectivity index (χ3n) is 1.63. The predicted octanol–water partition coefficient (Wildman–Crippen LogP) is 0.927. The van der Waals surface area contributed by atoms with Crippen LogP contribution < -0.4 is 5.32 Å². The summed E-state index contributed by atoms with van der Waals surface area (Å²) in [6, 6.07) is 0.741. The topological polar surface area (TPSA) is 38.1 Å². The van der Waals surface area contributed by atoms with Gasteiger partial charge in [-0.1, -0.05) is 0 Å². The van der Waals surface area contributed by atoms with Gasteiger partial charge in [0, 0.05) is 6.04 Å². The molecule has 1 aliphatic rings. The highest BCUT2D eigenvalue weighted by Gasteiger charge is 2.20. The van der Waals surface area contributed by atoms with Crippen molar-refractivity contribution < 1.29 is 4.42 Å². The SMILES string of the molecule is c1ncc(CNC2CC2)o1. The van der Waals surface area contributed by atoms with Gasteiger partial charge in [-0.05, 0) is 12.8 Å². The first-order valence-corrected chi connectivity index (χ1v) is 3.56. The van der Waals surface area contributed by atoms with E-state index in [1.165, 1.54) is 19.2 Å². The van der Waals surface area contributed by atoms with Crippen LogP contribution in [0, 0.1) is 0 Å². The highest BCUT2D eigenvalue weighted by molar-refractivity contribution is 4.90. The Bertz CT molecular complexity index is 191. The van der Waals surface area contributed by atoms with E-state index in [2.05, 4.69) is 10.3 Å². The Hall–Kier alpha value is -0.830. The molecule has 3 heteroatoms. The first-order valence-electron chi connectivity index (χ1n) is 3.56. The van der Waals surface area contributed by atoms with Gasteiger partial charge in [0.15, 0.2) is 6.39 Å². The standard InChI is InChI=1S/C7H10N2O/c1-2-6(1)9-4-7-3-8-5-10-7/h3,5-6,9H,1-2,4H2. The molecule has 0 amide bonds. The van der Waals surface area contributed by atoms with Gasteiger partial charge in [-0.3, -0.25) is 0 Å². The van der Waals surface area contributed by atoms with Crippen LogP contribution in [-0.4, -0.2) is 11.0 Å². The molecule has 1 aromatic rings. The Balaban J connectivity index is 1.79. The van der Waals surface area contributed by atoms with Gasteiger partial charge in [0.2, 0.25) is 0 Å². The van der Waals surface area contributed by atoms with Crippen LogP contribution in [0.15, 0.2) is 17.0 Å². The van der Waals surface area contributed by atoms with Gasteiger partial charge in [0.25, 0.3) is 0 Å². The second-order valence-electron chi connectivity index (χ2n) is 2.62. The Morgan fingerprint density at radius 3 is 3.20 bits per heavy atom. The molecule has 1 fully saturated rings. The molecule has 1 N–H and O–H groups in total. The summed E-state index contributed by atoms with van der Waals surface area (Å²) in [5, 5.41) is 3.33. The summed E-state index contributed by atoms with van der Waals surface area (Å²) < 4.78 is 5.04. The van der Waals surface area contributed by atoms with Crippen LogP contribution in [0.25, 0.3) is 0 Å². The van der Waals surface area contributed by atoms with Gasteiger partial charge in [-0.2, -0.15) is 0 Å². The number of hydrogen-bond donors (Lipinski definition) is 1. The molecule has 1 aromatic heterocycles. The van der Waals surface area contributed by atoms with Gasteiger partial charge in [0.05, 0.1) is 12.7 Å². The summed E-state index contributed by atoms with van der Waals surface area (Å²) in [7, 11) is 0. The van der Waals surface area contributed by atoms with Crippen molar-refractivity contribution in [1.29, 1.82) is 0 Å². The molecule has 0 spiro atoms. The normalized spacial score (nSPS) is 17.6. The number of rotatable bonds is 3. The zero-order valence-corrected chi connectivity index (χ0v) is 5.71. The van der Waals surface area contributed by atoms with E-state index in [1.54, 1.807) is 6.20 Å². The molecule has 0 atom stereocenters. The zero-order valence-electron chi connectivity index (χ0n) is 5.71. The van der Waals surface area contributed by atoms with E-state index >= 15 is 0 Å². The van der Waals surface area contributed by atoms with E-state index in [9.17, 15) is 0 Å². The second-order valence-corrected chi connectivity index (χ2v) is 2.62. The highest BCUT2D eigenvalue weighted by atomic mass is 16.3. The summed E-state index contributed by atoms with van der Waals surface area (Å²) in [5.41, 5.74) is 0. The van der Waals surface area contributed by atoms with E-state index in [-0.39, 0.29) is 0 Å². The van der Waals surface area contributed by atoms with Crippen molar-refractivity contribution in [1.82, 2.24) is 10.3 Å². The number of aromatic nitrogens is 1. The second kappa shape index (κ2) is 2.42. The van der Waals surface area contributed by atoms with Crippen molar-refractivity contribution in [2.24, 2.45) is 0 Å². The molecule has 0 bridgehead atoms. The first-order chi connectivity index (χ1) is 4.95. The molecular formula is C7H10N2O. The fourth-order valence-electron chi connectivity index (χ4n) is 0.862. The third kappa shape index (κ3) is 1.36. The van der Waals surface area contributed by atoms with Gasteiger partial charge in [-0.15, -0.1) is 0 Å². The van der Waals surface area contributed by atoms with Crippen LogP contribution in [0.5, 0.6) is 0 Å². The molecule has 3 nitrogen and oxygen atoms in total. The van der Waals surface area contributed by atoms with E-state index in [0.717, 1.165) is 18.3 Å². The molecule has 1 saturated carbocycles. The maximum Gasteiger partial charge on any atom is 0.180 e. The van der Waals surface area contributed by atoms with Gasteiger partial charge < -0.3 is 9.73 Å². The fourth-order valence-corrected chi connectivity index (χ4v) is 0.862. The molecule has 1 heterocycles. The van der Waals surface area contributed by atoms with Gasteiger partial charge >= 0.3 is 0 Å². The minimum absolute atomic E-state index is 0.741. The van der Waals surface area contributed by atoms with Gasteiger partial charge in [-0.25, -0.2) is 4.98 Å². The maximum atomic E-state index is 5.04. The Morgan fingerprint density at radius 1 is 1.70 bits per heavy atom. The van der Waals surface area contributed by atoms with Crippen molar-refractivity contribution in [3.63, 3.8) is 0 Å². The molecule has 0 aromatic carbocycles. The Labute approximate surface area is 59.4 Å². The lowest BCUT2D eigenvalue weighted by atomic mass is 10.5. The molecule has 0 unspecified atom stereocenters. The van der Waals surface area contributed by atoms with Crippen LogP contribution in [0.4, 0.5) is 0 Å². The number of oxazole rings is 1. The van der Waals surface area contributed by atoms with Crippen LogP contribution >= 0.6 is 0 Å². The van der Waals surface area contributed by atoms with Crippen LogP contribution in [-0.2, 0) is 6.54 Å². The molecule has 0 saturated heterocycles. The molecule has 2 rings (SSSR count). The van der Waals surface area contributed by atoms with Crippen LogP contribution in [0.1, 0.15) is 18.6 Å². The van der Waals surface area contributed by atoms with Crippen molar-refractivity contribution in [2.75, 3.05) is 0 Å². The van der Waals surface area contributed by atoms with E-state index in [1.807, 2.05) is 0 Å². The third-order valence-corrected chi connectivity index (χ3v) is 1.63. The van der Waals surface area contributed by atoms with E-state index < -0.39 is 0 Å². The first kappa shape index (κ1) is 5.92. The van der Waals surface area contributed by atoms with Crippen molar-refractivity contribution in [2.45, 2.75) is 25.4 Å². The van der Waals surface area contributed by atoms with Gasteiger partial charge in [0.1, 0.15) is 5.76 Å². The maximum absolute atomic E-state index is 5.04.